The van der Waals surface area contributed by atoms with Gasteiger partial charge in [-0.1, -0.05) is 0 Å². The first-order valence-electron chi connectivity index (χ1n) is 9.88. The third kappa shape index (κ3) is 6.32. The summed E-state index contributed by atoms with van der Waals surface area (Å²) in [6.07, 6.45) is 0.0346. The number of hydrogen-bond donors (Lipinski definition) is 2. The van der Waals surface area contributed by atoms with Crippen molar-refractivity contribution in [2.45, 2.75) is 24.8 Å². The van der Waals surface area contributed by atoms with E-state index in [2.05, 4.69) is 20.0 Å². The highest BCUT2D eigenvalue weighted by atomic mass is 32.2. The lowest BCUT2D eigenvalue weighted by atomic mass is 10.2. The second-order valence-corrected chi connectivity index (χ2v) is 8.74. The van der Waals surface area contributed by atoms with Gasteiger partial charge in [0.2, 0.25) is 5.88 Å². The van der Waals surface area contributed by atoms with Crippen molar-refractivity contribution in [2.24, 2.45) is 0 Å². The third-order valence-electron chi connectivity index (χ3n) is 4.22. The Balaban J connectivity index is 1.69. The number of sulfonamides is 1. The predicted octanol–water partition coefficient (Wildman–Crippen LogP) is 3.33. The van der Waals surface area contributed by atoms with E-state index in [0.29, 0.717) is 17.0 Å². The minimum atomic E-state index is -3.95. The molecule has 0 fully saturated rings. The first-order valence-corrected chi connectivity index (χ1v) is 11.4. The Bertz CT molecular complexity index is 1190. The highest BCUT2D eigenvalue weighted by molar-refractivity contribution is 7.92. The number of hydrogen-bond acceptors (Lipinski definition) is 8. The van der Waals surface area contributed by atoms with Gasteiger partial charge in [-0.2, -0.15) is 9.97 Å². The van der Waals surface area contributed by atoms with Crippen LogP contribution in [0.15, 0.2) is 59.5 Å². The van der Waals surface area contributed by atoms with E-state index in [1.807, 2.05) is 13.8 Å². The minimum Gasteiger partial charge on any atom is -0.491 e. The van der Waals surface area contributed by atoms with Crippen molar-refractivity contribution >= 4 is 27.4 Å². The van der Waals surface area contributed by atoms with Crippen LogP contribution in [0, 0.1) is 0 Å². The maximum absolute atomic E-state index is 12.7. The molecule has 0 bridgehead atoms. The summed E-state index contributed by atoms with van der Waals surface area (Å²) in [6, 6.07) is 13.7. The highest BCUT2D eigenvalue weighted by Gasteiger charge is 2.17. The molecule has 0 atom stereocenters. The van der Waals surface area contributed by atoms with Crippen LogP contribution < -0.4 is 24.2 Å². The van der Waals surface area contributed by atoms with Crippen LogP contribution in [0.5, 0.6) is 17.6 Å². The van der Waals surface area contributed by atoms with Gasteiger partial charge in [-0.25, -0.2) is 8.42 Å². The molecule has 1 amide bonds. The predicted molar refractivity (Wildman–Crippen MR) is 123 cm³/mol. The molecule has 0 unspecified atom stereocenters. The summed E-state index contributed by atoms with van der Waals surface area (Å²) in [5.41, 5.74) is 0.878. The minimum absolute atomic E-state index is 0.0130. The number of nitrogens with zero attached hydrogens (tertiary/aromatic N) is 2. The lowest BCUT2D eigenvalue weighted by molar-refractivity contribution is 0.102. The Morgan fingerprint density at radius 2 is 1.61 bits per heavy atom. The Morgan fingerprint density at radius 3 is 2.18 bits per heavy atom. The number of carbonyl (C=O) groups is 1. The number of anilines is 2. The maximum atomic E-state index is 12.7. The Kier molecular flexibility index (Phi) is 7.34. The number of benzene rings is 2. The molecule has 0 spiro atoms. The molecule has 0 saturated carbocycles. The highest BCUT2D eigenvalue weighted by Crippen LogP contribution is 2.22. The molecule has 2 aromatic carbocycles. The van der Waals surface area contributed by atoms with Gasteiger partial charge in [-0.15, -0.1) is 0 Å². The van der Waals surface area contributed by atoms with Gasteiger partial charge in [0, 0.05) is 17.3 Å². The van der Waals surface area contributed by atoms with Gasteiger partial charge in [-0.05, 0) is 62.4 Å². The summed E-state index contributed by atoms with van der Waals surface area (Å²) in [4.78, 5) is 20.3. The van der Waals surface area contributed by atoms with E-state index in [9.17, 15) is 13.2 Å². The van der Waals surface area contributed by atoms with E-state index < -0.39 is 10.0 Å². The van der Waals surface area contributed by atoms with Gasteiger partial charge >= 0.3 is 6.01 Å². The van der Waals surface area contributed by atoms with Gasteiger partial charge in [0.05, 0.1) is 25.2 Å². The summed E-state index contributed by atoms with van der Waals surface area (Å²) in [7, 11) is -1.21. The van der Waals surface area contributed by atoms with Crippen molar-refractivity contribution in [3.63, 3.8) is 0 Å². The summed E-state index contributed by atoms with van der Waals surface area (Å²) in [5, 5.41) is 2.73. The lowest BCUT2D eigenvalue weighted by Crippen LogP contribution is -2.15. The van der Waals surface area contributed by atoms with Crippen LogP contribution in [0.3, 0.4) is 0 Å². The van der Waals surface area contributed by atoms with Crippen molar-refractivity contribution in [2.75, 3.05) is 24.3 Å². The molecule has 0 aliphatic carbocycles. The van der Waals surface area contributed by atoms with Crippen LogP contribution >= 0.6 is 0 Å². The fraction of sp³-hybridized carbons (Fsp3) is 0.227. The summed E-state index contributed by atoms with van der Waals surface area (Å²) in [6.45, 7) is 3.84. The number of ether oxygens (including phenoxy) is 3. The molecule has 1 heterocycles. The van der Waals surface area contributed by atoms with E-state index >= 15 is 0 Å². The lowest BCUT2D eigenvalue weighted by Gasteiger charge is -2.11. The van der Waals surface area contributed by atoms with Crippen molar-refractivity contribution in [3.8, 4) is 17.6 Å². The molecule has 0 aliphatic rings. The zero-order valence-electron chi connectivity index (χ0n) is 18.5. The average Bonchev–Trinajstić information content (AvgIpc) is 2.78. The summed E-state index contributed by atoms with van der Waals surface area (Å²) < 4.78 is 43.3. The SMILES string of the molecule is COc1cc(NS(=O)(=O)c2ccc(NC(=O)c3ccc(OC(C)C)cc3)cc2)nc(OC)n1. The molecule has 10 nitrogen and oxygen atoms in total. The Labute approximate surface area is 192 Å². The molecule has 3 aromatic rings. The normalized spacial score (nSPS) is 11.1. The van der Waals surface area contributed by atoms with Crippen molar-refractivity contribution in [1.82, 2.24) is 9.97 Å². The summed E-state index contributed by atoms with van der Waals surface area (Å²) >= 11 is 0. The number of rotatable bonds is 9. The van der Waals surface area contributed by atoms with Crippen LogP contribution in [-0.2, 0) is 10.0 Å². The monoisotopic (exact) mass is 472 g/mol. The number of nitrogens with one attached hydrogen (secondary N) is 2. The fourth-order valence-electron chi connectivity index (χ4n) is 2.73. The van der Waals surface area contributed by atoms with Crippen LogP contribution in [0.25, 0.3) is 0 Å². The molecule has 11 heteroatoms. The van der Waals surface area contributed by atoms with Gasteiger partial charge in [0.25, 0.3) is 15.9 Å². The molecule has 0 saturated heterocycles. The topological polar surface area (TPSA) is 129 Å². The number of amides is 1. The summed E-state index contributed by atoms with van der Waals surface area (Å²) in [5.74, 6) is 0.463. The average molecular weight is 473 g/mol. The maximum Gasteiger partial charge on any atom is 0.321 e. The van der Waals surface area contributed by atoms with E-state index in [0.717, 1.165) is 0 Å². The zero-order valence-corrected chi connectivity index (χ0v) is 19.3. The van der Waals surface area contributed by atoms with Crippen LogP contribution in [0.2, 0.25) is 0 Å². The van der Waals surface area contributed by atoms with Gasteiger partial charge in [0.15, 0.2) is 5.82 Å². The van der Waals surface area contributed by atoms with Crippen molar-refractivity contribution in [3.05, 3.63) is 60.2 Å². The van der Waals surface area contributed by atoms with Crippen molar-refractivity contribution < 1.29 is 27.4 Å². The largest absolute Gasteiger partial charge is 0.491 e. The van der Waals surface area contributed by atoms with Gasteiger partial charge in [-0.3, -0.25) is 9.52 Å². The molecule has 2 N–H and O–H groups in total. The van der Waals surface area contributed by atoms with Gasteiger partial charge < -0.3 is 19.5 Å². The second kappa shape index (κ2) is 10.2. The molecule has 1 aromatic heterocycles. The van der Waals surface area contributed by atoms with Crippen molar-refractivity contribution in [1.29, 1.82) is 0 Å². The molecule has 0 aliphatic heterocycles. The molecule has 33 heavy (non-hydrogen) atoms. The molecule has 0 radical (unpaired) electrons. The second-order valence-electron chi connectivity index (χ2n) is 7.06. The van der Waals surface area contributed by atoms with Gasteiger partial charge in [0.1, 0.15) is 5.75 Å². The number of aromatic nitrogens is 2. The quantitative estimate of drug-likeness (QED) is 0.485. The van der Waals surface area contributed by atoms with E-state index in [4.69, 9.17) is 14.2 Å². The van der Waals surface area contributed by atoms with Crippen LogP contribution in [0.4, 0.5) is 11.5 Å². The first-order chi connectivity index (χ1) is 15.7. The Hall–Kier alpha value is -3.86. The molecular formula is C22H24N4O6S. The number of carbonyl (C=O) groups excluding carboxylic acids is 1. The zero-order chi connectivity index (χ0) is 24.0. The third-order valence-corrected chi connectivity index (χ3v) is 5.59. The smallest absolute Gasteiger partial charge is 0.321 e. The molecule has 3 rings (SSSR count). The van der Waals surface area contributed by atoms with E-state index in [-0.39, 0.29) is 34.6 Å². The number of methoxy groups -OCH3 is 2. The Morgan fingerprint density at radius 1 is 0.939 bits per heavy atom. The van der Waals surface area contributed by atoms with E-state index in [1.165, 1.54) is 44.6 Å². The standard InChI is InChI=1S/C22H24N4O6S/c1-14(2)32-17-9-5-15(6-10-17)21(27)23-16-7-11-18(12-8-16)33(28,29)26-19-13-20(30-3)25-22(24-19)31-4/h5-14H,1-4H3,(H,23,27)(H,24,25,26). The molecular weight excluding hydrogens is 448 g/mol. The van der Waals surface area contributed by atoms with Crippen LogP contribution in [0.1, 0.15) is 24.2 Å². The first kappa shape index (κ1) is 23.8. The van der Waals surface area contributed by atoms with E-state index in [1.54, 1.807) is 24.3 Å². The van der Waals surface area contributed by atoms with Crippen LogP contribution in [-0.4, -0.2) is 44.6 Å². The fourth-order valence-corrected chi connectivity index (χ4v) is 3.72. The molecule has 174 valence electrons.